The van der Waals surface area contributed by atoms with Gasteiger partial charge in [0.2, 0.25) is 5.17 Å². The van der Waals surface area contributed by atoms with Gasteiger partial charge in [0.25, 0.3) is 5.91 Å². The third kappa shape index (κ3) is 3.74. The molecule has 0 spiro atoms. The predicted octanol–water partition coefficient (Wildman–Crippen LogP) is 4.31. The zero-order valence-corrected chi connectivity index (χ0v) is 17.4. The summed E-state index contributed by atoms with van der Waals surface area (Å²) in [6, 6.07) is 19.1. The number of amides is 1. The number of aliphatic imine (C=N–C) groups is 1. The fraction of sp³-hybridized carbons (Fsp3) is 0.0435. The lowest BCUT2D eigenvalue weighted by Crippen LogP contribution is -2.35. The van der Waals surface area contributed by atoms with E-state index in [1.807, 2.05) is 30.3 Å². The summed E-state index contributed by atoms with van der Waals surface area (Å²) in [5.41, 5.74) is 0.961. The quantitative estimate of drug-likeness (QED) is 0.593. The molecule has 1 N–H and O–H groups in total. The largest absolute Gasteiger partial charge is 0.487 e. The molecule has 5 rings (SSSR count). The van der Waals surface area contributed by atoms with Crippen LogP contribution < -0.4 is 4.74 Å². The number of hydrogen-bond acceptors (Lipinski definition) is 5. The Morgan fingerprint density at radius 1 is 1.06 bits per heavy atom. The molecule has 3 aromatic rings. The number of rotatable bonds is 5. The highest BCUT2D eigenvalue weighted by Crippen LogP contribution is 2.29. The molecule has 0 unspecified atom stereocenters. The third-order valence-corrected chi connectivity index (χ3v) is 5.67. The lowest BCUT2D eigenvalue weighted by molar-refractivity contribution is -0.114. The summed E-state index contributed by atoms with van der Waals surface area (Å²) >= 11 is 1.19. The van der Waals surface area contributed by atoms with Crippen molar-refractivity contribution in [3.63, 3.8) is 0 Å². The molecule has 2 aliphatic rings. The summed E-state index contributed by atoms with van der Waals surface area (Å²) in [6.45, 7) is 0.195. The van der Waals surface area contributed by atoms with Crippen LogP contribution in [0.15, 0.2) is 88.6 Å². The molecule has 0 saturated carbocycles. The van der Waals surface area contributed by atoms with Crippen molar-refractivity contribution in [2.75, 3.05) is 6.61 Å². The van der Waals surface area contributed by atoms with E-state index >= 15 is 0 Å². The van der Waals surface area contributed by atoms with E-state index in [-0.39, 0.29) is 18.0 Å². The van der Waals surface area contributed by atoms with Gasteiger partial charge in [-0.15, -0.1) is 0 Å². The van der Waals surface area contributed by atoms with Gasteiger partial charge in [-0.3, -0.25) is 10.2 Å². The Balaban J connectivity index is 1.40. The van der Waals surface area contributed by atoms with Gasteiger partial charge in [0.15, 0.2) is 5.84 Å². The first-order valence-electron chi connectivity index (χ1n) is 9.69. The molecule has 0 fully saturated rings. The Morgan fingerprint density at radius 2 is 1.84 bits per heavy atom. The van der Waals surface area contributed by atoms with Gasteiger partial charge in [-0.2, -0.15) is 15.1 Å². The smallest absolute Gasteiger partial charge is 0.283 e. The van der Waals surface area contributed by atoms with Crippen LogP contribution >= 0.6 is 11.8 Å². The van der Waals surface area contributed by atoms with Crippen LogP contribution in [0.3, 0.4) is 0 Å². The Kier molecular flexibility index (Phi) is 5.16. The van der Waals surface area contributed by atoms with Crippen LogP contribution in [-0.2, 0) is 4.79 Å². The highest BCUT2D eigenvalue weighted by molar-refractivity contribution is 8.27. The molecule has 7 nitrogen and oxygen atoms in total. The van der Waals surface area contributed by atoms with E-state index in [2.05, 4.69) is 10.1 Å². The molecule has 0 bridgehead atoms. The van der Waals surface area contributed by atoms with E-state index in [1.165, 1.54) is 28.9 Å². The Bertz CT molecular complexity index is 1310. The van der Waals surface area contributed by atoms with Crippen LogP contribution in [0, 0.1) is 11.2 Å². The molecule has 0 radical (unpaired) electrons. The fourth-order valence-corrected chi connectivity index (χ4v) is 4.08. The van der Waals surface area contributed by atoms with Crippen molar-refractivity contribution in [2.24, 2.45) is 10.1 Å². The number of nitrogens with zero attached hydrogens (tertiary/aromatic N) is 4. The lowest BCUT2D eigenvalue weighted by atomic mass is 10.1. The molecular weight excluding hydrogens is 429 g/mol. The Morgan fingerprint density at radius 3 is 2.66 bits per heavy atom. The first kappa shape index (κ1) is 20.0. The molecule has 9 heteroatoms. The standard InChI is InChI=1S/C23H16FN5O2S/c24-18-10-4-5-11-19(18)28-12-6-7-15(28)13-17-21(25)29-23(26-22(17)30)32-20(27-29)14-31-16-8-2-1-3-9-16/h1-13,25H,14H2/b17-13-,25-21?. The van der Waals surface area contributed by atoms with Crippen molar-refractivity contribution < 1.29 is 13.9 Å². The summed E-state index contributed by atoms with van der Waals surface area (Å²) in [5, 5.41) is 15.1. The summed E-state index contributed by atoms with van der Waals surface area (Å²) in [6.07, 6.45) is 3.22. The van der Waals surface area contributed by atoms with Crippen molar-refractivity contribution in [1.82, 2.24) is 9.58 Å². The van der Waals surface area contributed by atoms with Crippen LogP contribution in [0.5, 0.6) is 5.75 Å². The third-order valence-electron chi connectivity index (χ3n) is 4.79. The summed E-state index contributed by atoms with van der Waals surface area (Å²) in [7, 11) is 0. The maximum atomic E-state index is 14.3. The first-order valence-corrected chi connectivity index (χ1v) is 10.5. The molecular formula is C23H16FN5O2S. The van der Waals surface area contributed by atoms with Crippen molar-refractivity contribution in [1.29, 1.82) is 5.41 Å². The van der Waals surface area contributed by atoms with E-state index in [9.17, 15) is 9.18 Å². The molecule has 32 heavy (non-hydrogen) atoms. The number of carbonyl (C=O) groups is 1. The molecule has 2 aliphatic heterocycles. The van der Waals surface area contributed by atoms with Crippen molar-refractivity contribution in [3.8, 4) is 11.4 Å². The molecule has 2 aromatic carbocycles. The van der Waals surface area contributed by atoms with Gasteiger partial charge >= 0.3 is 0 Å². The van der Waals surface area contributed by atoms with E-state index in [4.69, 9.17) is 10.1 Å². The van der Waals surface area contributed by atoms with E-state index < -0.39 is 11.7 Å². The second kappa shape index (κ2) is 8.27. The summed E-state index contributed by atoms with van der Waals surface area (Å²) in [4.78, 5) is 16.8. The number of carbonyl (C=O) groups excluding carboxylic acids is 1. The maximum Gasteiger partial charge on any atom is 0.283 e. The second-order valence-corrected chi connectivity index (χ2v) is 7.91. The van der Waals surface area contributed by atoms with Crippen LogP contribution in [0.25, 0.3) is 11.8 Å². The monoisotopic (exact) mass is 445 g/mol. The number of thioether (sulfide) groups is 1. The number of benzene rings is 2. The van der Waals surface area contributed by atoms with Crippen LogP contribution in [0.2, 0.25) is 0 Å². The second-order valence-electron chi connectivity index (χ2n) is 6.87. The highest BCUT2D eigenvalue weighted by Gasteiger charge is 2.36. The SMILES string of the molecule is N=C1/C(=C/c2cccn2-c2ccccc2F)C(=O)N=C2SC(COc3ccccc3)=NN12. The van der Waals surface area contributed by atoms with Gasteiger partial charge in [-0.1, -0.05) is 30.3 Å². The van der Waals surface area contributed by atoms with Crippen LogP contribution in [-0.4, -0.2) is 38.1 Å². The van der Waals surface area contributed by atoms with Gasteiger partial charge in [0.05, 0.1) is 11.3 Å². The van der Waals surface area contributed by atoms with Gasteiger partial charge in [0, 0.05) is 11.9 Å². The fourth-order valence-electron chi connectivity index (χ4n) is 3.28. The van der Waals surface area contributed by atoms with Gasteiger partial charge in [-0.25, -0.2) is 4.39 Å². The lowest BCUT2D eigenvalue weighted by Gasteiger charge is -2.20. The average Bonchev–Trinajstić information content (AvgIpc) is 3.43. The maximum absolute atomic E-state index is 14.3. The highest BCUT2D eigenvalue weighted by atomic mass is 32.2. The summed E-state index contributed by atoms with van der Waals surface area (Å²) in [5.74, 6) is -0.334. The number of fused-ring (bicyclic) bond motifs is 1. The number of amidine groups is 2. The number of ether oxygens (including phenoxy) is 1. The van der Waals surface area contributed by atoms with E-state index in [0.717, 1.165) is 0 Å². The zero-order valence-electron chi connectivity index (χ0n) is 16.6. The number of hydrazone groups is 1. The van der Waals surface area contributed by atoms with Gasteiger partial charge in [-0.05, 0) is 54.2 Å². The van der Waals surface area contributed by atoms with E-state index in [0.29, 0.717) is 27.3 Å². The Hall–Kier alpha value is -3.98. The molecule has 1 amide bonds. The first-order chi connectivity index (χ1) is 15.6. The Labute approximate surface area is 187 Å². The van der Waals surface area contributed by atoms with Gasteiger partial charge < -0.3 is 9.30 Å². The average molecular weight is 445 g/mol. The molecule has 3 heterocycles. The zero-order chi connectivity index (χ0) is 22.1. The minimum absolute atomic E-state index is 0.0691. The number of aromatic nitrogens is 1. The summed E-state index contributed by atoms with van der Waals surface area (Å²) < 4.78 is 21.6. The van der Waals surface area contributed by atoms with Crippen LogP contribution in [0.4, 0.5) is 4.39 Å². The topological polar surface area (TPSA) is 83.0 Å². The van der Waals surface area contributed by atoms with Crippen molar-refractivity contribution >= 4 is 39.8 Å². The van der Waals surface area contributed by atoms with E-state index in [1.54, 1.807) is 41.1 Å². The minimum atomic E-state index is -0.546. The minimum Gasteiger partial charge on any atom is -0.487 e. The van der Waals surface area contributed by atoms with Crippen molar-refractivity contribution in [2.45, 2.75) is 0 Å². The number of hydrogen-bond donors (Lipinski definition) is 1. The normalized spacial score (nSPS) is 16.8. The number of nitrogens with one attached hydrogen (secondary N) is 1. The molecule has 0 atom stereocenters. The van der Waals surface area contributed by atoms with Crippen LogP contribution in [0.1, 0.15) is 5.69 Å². The number of para-hydroxylation sites is 2. The van der Waals surface area contributed by atoms with Gasteiger partial charge in [0.1, 0.15) is 23.2 Å². The molecule has 158 valence electrons. The van der Waals surface area contributed by atoms with Crippen molar-refractivity contribution in [3.05, 3.63) is 90.0 Å². The molecule has 0 saturated heterocycles. The number of halogens is 1. The predicted molar refractivity (Wildman–Crippen MR) is 123 cm³/mol. The molecule has 0 aliphatic carbocycles. The molecule has 1 aromatic heterocycles.